The molecule has 1 aliphatic heterocycles. The number of nitrogens with one attached hydrogen (secondary N) is 1. The normalized spacial score (nSPS) is 14.0. The monoisotopic (exact) mass is 474 g/mol. The molecule has 1 amide bonds. The molecule has 1 unspecified atom stereocenters. The van der Waals surface area contributed by atoms with Crippen molar-refractivity contribution >= 4 is 17.7 Å². The fraction of sp³-hybridized carbons (Fsp3) is 0.481. The van der Waals surface area contributed by atoms with E-state index < -0.39 is 12.3 Å². The molecule has 0 fully saturated rings. The Bertz CT molecular complexity index is 813. The molecule has 7 heteroatoms. The van der Waals surface area contributed by atoms with Crippen LogP contribution in [0.3, 0.4) is 0 Å². The number of amides is 1. The molecule has 0 spiro atoms. The third-order valence-corrected chi connectivity index (χ3v) is 4.43. The summed E-state index contributed by atoms with van der Waals surface area (Å²) in [6, 6.07) is 17.0. The van der Waals surface area contributed by atoms with Crippen LogP contribution in [0.1, 0.15) is 77.0 Å². The Morgan fingerprint density at radius 3 is 2.06 bits per heavy atom. The number of benzene rings is 2. The van der Waals surface area contributed by atoms with Crippen LogP contribution in [-0.4, -0.2) is 43.8 Å². The smallest absolute Gasteiger partial charge is 0.370 e. The summed E-state index contributed by atoms with van der Waals surface area (Å²) >= 11 is 0. The van der Waals surface area contributed by atoms with Crippen LogP contribution >= 0.6 is 0 Å². The first-order valence-corrected chi connectivity index (χ1v) is 12.3. The van der Waals surface area contributed by atoms with Gasteiger partial charge in [0.2, 0.25) is 0 Å². The highest BCUT2D eigenvalue weighted by atomic mass is 19.1. The van der Waals surface area contributed by atoms with Gasteiger partial charge < -0.3 is 15.1 Å². The summed E-state index contributed by atoms with van der Waals surface area (Å²) in [5.41, 5.74) is 2.43. The summed E-state index contributed by atoms with van der Waals surface area (Å²) in [5, 5.41) is 4.26. The van der Waals surface area contributed by atoms with Crippen LogP contribution in [0.15, 0.2) is 59.6 Å². The molecule has 34 heavy (non-hydrogen) atoms. The van der Waals surface area contributed by atoms with Crippen molar-refractivity contribution in [2.45, 2.75) is 61.1 Å². The molecule has 1 atom stereocenters. The van der Waals surface area contributed by atoms with Gasteiger partial charge in [0.1, 0.15) is 0 Å². The van der Waals surface area contributed by atoms with E-state index >= 15 is 0 Å². The fourth-order valence-corrected chi connectivity index (χ4v) is 2.98. The number of carbonyl (C=O) groups excluding carboxylic acids is 1. The fourth-order valence-electron chi connectivity index (χ4n) is 2.98. The van der Waals surface area contributed by atoms with E-state index in [0.717, 1.165) is 24.3 Å². The largest absolute Gasteiger partial charge is 0.393 e. The lowest BCUT2D eigenvalue weighted by Gasteiger charge is -2.23. The lowest BCUT2D eigenvalue weighted by Crippen LogP contribution is -2.34. The Morgan fingerprint density at radius 1 is 1.03 bits per heavy atom. The van der Waals surface area contributed by atoms with Crippen molar-refractivity contribution in [1.82, 2.24) is 10.4 Å². The van der Waals surface area contributed by atoms with Gasteiger partial charge in [0.25, 0.3) is 5.91 Å². The maximum absolute atomic E-state index is 13.1. The van der Waals surface area contributed by atoms with Gasteiger partial charge in [-0.05, 0) is 36.8 Å². The summed E-state index contributed by atoms with van der Waals surface area (Å²) in [6.07, 6.45) is -0.144. The van der Waals surface area contributed by atoms with Crippen molar-refractivity contribution in [3.8, 4) is 0 Å². The highest BCUT2D eigenvalue weighted by Gasteiger charge is 2.26. The average molecular weight is 475 g/mol. The Hall–Kier alpha value is -2.93. The molecule has 0 radical (unpaired) electrons. The molecule has 1 aliphatic rings. The second-order valence-electron chi connectivity index (χ2n) is 6.89. The quantitative estimate of drug-likeness (QED) is 0.490. The van der Waals surface area contributed by atoms with E-state index in [1.165, 1.54) is 11.5 Å². The Morgan fingerprint density at radius 2 is 1.59 bits per heavy atom. The Balaban J connectivity index is 0.00000141. The van der Waals surface area contributed by atoms with Gasteiger partial charge >= 0.3 is 6.15 Å². The van der Waals surface area contributed by atoms with Gasteiger partial charge in [-0.25, -0.2) is 0 Å². The molecule has 1 N–H and O–H groups in total. The maximum atomic E-state index is 13.1. The summed E-state index contributed by atoms with van der Waals surface area (Å²) in [5.74, 6) is -0.142. The minimum absolute atomic E-state index is 0.142. The van der Waals surface area contributed by atoms with Crippen molar-refractivity contribution in [3.05, 3.63) is 65.7 Å². The summed E-state index contributed by atoms with van der Waals surface area (Å²) in [7, 11) is 1.60. The predicted octanol–water partition coefficient (Wildman–Crippen LogP) is 6.61. The Labute approximate surface area is 205 Å². The van der Waals surface area contributed by atoms with E-state index in [2.05, 4.69) is 48.1 Å². The molecule has 0 bridgehead atoms. The molecule has 1 heterocycles. The van der Waals surface area contributed by atoms with E-state index in [1.807, 2.05) is 45.9 Å². The number of hydroxylamine groups is 2. The third kappa shape index (κ3) is 10.3. The number of hydrogen-bond donors (Lipinski definition) is 1. The molecule has 0 aliphatic carbocycles. The second kappa shape index (κ2) is 18.5. The number of anilines is 1. The van der Waals surface area contributed by atoms with E-state index in [1.54, 1.807) is 31.3 Å². The number of carbonyl (C=O) groups is 1. The van der Waals surface area contributed by atoms with E-state index in [9.17, 15) is 9.18 Å². The zero-order chi connectivity index (χ0) is 25.9. The highest BCUT2D eigenvalue weighted by Crippen LogP contribution is 2.26. The number of nitrogens with zero attached hydrogens (tertiary/aromatic N) is 3. The van der Waals surface area contributed by atoms with Crippen molar-refractivity contribution in [2.24, 2.45) is 4.99 Å². The van der Waals surface area contributed by atoms with Crippen LogP contribution in [-0.2, 0) is 4.84 Å². The van der Waals surface area contributed by atoms with Gasteiger partial charge in [-0.1, -0.05) is 78.3 Å². The van der Waals surface area contributed by atoms with E-state index in [0.29, 0.717) is 12.1 Å². The molecule has 190 valence electrons. The Kier molecular flexibility index (Phi) is 16.9. The number of para-hydroxylation sites is 1. The van der Waals surface area contributed by atoms with Gasteiger partial charge in [0.05, 0.1) is 0 Å². The highest BCUT2D eigenvalue weighted by molar-refractivity contribution is 5.94. The molecule has 0 saturated carbocycles. The second-order valence-corrected chi connectivity index (χ2v) is 6.89. The van der Waals surface area contributed by atoms with Gasteiger partial charge in [0.15, 0.2) is 6.17 Å². The first-order chi connectivity index (χ1) is 16.5. The van der Waals surface area contributed by atoms with Crippen LogP contribution < -0.4 is 10.2 Å². The van der Waals surface area contributed by atoms with Crippen LogP contribution in [0.4, 0.5) is 10.1 Å². The minimum atomic E-state index is -0.858. The van der Waals surface area contributed by atoms with Crippen molar-refractivity contribution in [3.63, 3.8) is 0 Å². The lowest BCUT2D eigenvalue weighted by molar-refractivity contribution is -0.0667. The maximum Gasteiger partial charge on any atom is 0.393 e. The summed E-state index contributed by atoms with van der Waals surface area (Å²) < 4.78 is 13.1. The third-order valence-electron chi connectivity index (χ3n) is 4.43. The summed E-state index contributed by atoms with van der Waals surface area (Å²) in [6.45, 7) is 16.5. The van der Waals surface area contributed by atoms with Crippen LogP contribution in [0.5, 0.6) is 0 Å². The van der Waals surface area contributed by atoms with Crippen LogP contribution in [0.25, 0.3) is 0 Å². The number of halogens is 1. The molecule has 6 nitrogen and oxygen atoms in total. The topological polar surface area (TPSA) is 57.2 Å². The summed E-state index contributed by atoms with van der Waals surface area (Å²) in [4.78, 5) is 23.1. The molecule has 2 aromatic rings. The number of aliphatic imine (C=N–C) groups is 1. The van der Waals surface area contributed by atoms with E-state index in [4.69, 9.17) is 4.84 Å². The van der Waals surface area contributed by atoms with Gasteiger partial charge in [-0.2, -0.15) is 4.99 Å². The molecular weight excluding hydrogens is 431 g/mol. The van der Waals surface area contributed by atoms with Gasteiger partial charge in [-0.3, -0.25) is 4.79 Å². The van der Waals surface area contributed by atoms with Crippen molar-refractivity contribution in [1.29, 1.82) is 0 Å². The molecule has 0 aromatic heterocycles. The van der Waals surface area contributed by atoms with Crippen LogP contribution in [0, 0.1) is 0 Å². The minimum Gasteiger partial charge on any atom is -0.370 e. The molecule has 2 aromatic carbocycles. The van der Waals surface area contributed by atoms with Crippen molar-refractivity contribution < 1.29 is 14.0 Å². The SMILES string of the molecule is CC.CC.CCC.CCN(CCNC(=O)c1ccc(C2N=C(F)ON2C)cc1)c1ccccc1. The van der Waals surface area contributed by atoms with Crippen LogP contribution in [0.2, 0.25) is 0 Å². The number of hydrogen-bond acceptors (Lipinski definition) is 5. The lowest BCUT2D eigenvalue weighted by atomic mass is 10.1. The zero-order valence-electron chi connectivity index (χ0n) is 22.1. The molecule has 0 saturated heterocycles. The van der Waals surface area contributed by atoms with Gasteiger partial charge in [-0.15, -0.1) is 9.45 Å². The number of likely N-dealkylation sites (N-methyl/N-ethyl adjacent to an activating group) is 1. The first kappa shape index (κ1) is 31.1. The predicted molar refractivity (Wildman–Crippen MR) is 142 cm³/mol. The van der Waals surface area contributed by atoms with Crippen molar-refractivity contribution in [2.75, 3.05) is 31.6 Å². The molecular formula is C27H43FN4O2. The van der Waals surface area contributed by atoms with E-state index in [-0.39, 0.29) is 5.91 Å². The average Bonchev–Trinajstić information content (AvgIpc) is 3.23. The number of rotatable bonds is 7. The zero-order valence-corrected chi connectivity index (χ0v) is 22.1. The van der Waals surface area contributed by atoms with Gasteiger partial charge in [0, 0.05) is 37.9 Å². The standard InChI is InChI=1S/C20H23FN4O2.C3H8.2C2H6/c1-3-25(17-7-5-4-6-8-17)14-13-22-19(26)16-11-9-15(10-12-16)18-23-20(21)27-24(18)2;1-3-2;2*1-2/h4-12,18H,3,13-14H2,1-2H3,(H,22,26);3H2,1-2H3;2*1-2H3. The molecule has 3 rings (SSSR count). The first-order valence-electron chi connectivity index (χ1n) is 12.3.